The van der Waals surface area contributed by atoms with Gasteiger partial charge in [-0.3, -0.25) is 9.59 Å². The molecule has 0 saturated heterocycles. The van der Waals surface area contributed by atoms with Gasteiger partial charge in [-0.1, -0.05) is 24.3 Å². The Morgan fingerprint density at radius 1 is 1.07 bits per heavy atom. The molecule has 3 rings (SSSR count). The number of carbonyl (C=O) groups excluding carboxylic acids is 3. The second-order valence-electron chi connectivity index (χ2n) is 11.9. The average molecular weight is 562 g/mol. The van der Waals surface area contributed by atoms with E-state index >= 15 is 0 Å². The second-order valence-corrected chi connectivity index (χ2v) is 11.9. The van der Waals surface area contributed by atoms with Gasteiger partial charge in [0.15, 0.2) is 0 Å². The summed E-state index contributed by atoms with van der Waals surface area (Å²) in [6.45, 7) is 11.6. The van der Waals surface area contributed by atoms with E-state index in [4.69, 9.17) is 4.74 Å². The normalized spacial score (nSPS) is 12.9. The van der Waals surface area contributed by atoms with Crippen LogP contribution in [-0.2, 0) is 27.2 Å². The predicted octanol–water partition coefficient (Wildman–Crippen LogP) is 4.06. The number of anilines is 1. The molecule has 9 nitrogen and oxygen atoms in total. The van der Waals surface area contributed by atoms with E-state index in [9.17, 15) is 19.6 Å². The van der Waals surface area contributed by atoms with Crippen LogP contribution in [0.4, 0.5) is 10.5 Å². The molecule has 2 aromatic carbocycles. The van der Waals surface area contributed by atoms with E-state index in [0.29, 0.717) is 11.3 Å². The molecule has 9 heteroatoms. The Labute approximate surface area is 244 Å². The van der Waals surface area contributed by atoms with Gasteiger partial charge in [0.1, 0.15) is 5.60 Å². The molecule has 0 bridgehead atoms. The summed E-state index contributed by atoms with van der Waals surface area (Å²) in [5, 5.41) is 12.2. The minimum absolute atomic E-state index is 0.0134. The van der Waals surface area contributed by atoms with E-state index in [1.165, 1.54) is 11.1 Å². The largest absolute Gasteiger partial charge is 0.444 e. The number of carbonyl (C=O) groups is 3. The van der Waals surface area contributed by atoms with E-state index in [2.05, 4.69) is 23.5 Å². The smallest absolute Gasteiger partial charge is 0.410 e. The van der Waals surface area contributed by atoms with Gasteiger partial charge in [-0.15, -0.1) is 0 Å². The van der Waals surface area contributed by atoms with Crippen molar-refractivity contribution in [2.45, 2.75) is 72.1 Å². The van der Waals surface area contributed by atoms with Crippen LogP contribution in [0, 0.1) is 18.3 Å². The molecule has 1 aliphatic rings. The molecule has 0 fully saturated rings. The maximum absolute atomic E-state index is 13.5. The van der Waals surface area contributed by atoms with Gasteiger partial charge in [0.05, 0.1) is 24.7 Å². The van der Waals surface area contributed by atoms with Gasteiger partial charge in [0, 0.05) is 37.9 Å². The lowest BCUT2D eigenvalue weighted by Gasteiger charge is -2.31. The summed E-state index contributed by atoms with van der Waals surface area (Å²) < 4.78 is 5.50. The number of amides is 3. The van der Waals surface area contributed by atoms with Gasteiger partial charge >= 0.3 is 6.09 Å². The van der Waals surface area contributed by atoms with Crippen LogP contribution in [-0.4, -0.2) is 78.6 Å². The predicted molar refractivity (Wildman–Crippen MR) is 160 cm³/mol. The Morgan fingerprint density at radius 3 is 2.24 bits per heavy atom. The van der Waals surface area contributed by atoms with Crippen LogP contribution < -0.4 is 10.2 Å². The SMILES string of the molecule is Cc1cc(C#N)ccc1N(CC(=O)NCCN(C(=O)OC(C)(C)C)C(C)C)CC(=O)N(C)C1Cc2ccccc2C1. The number of aryl methyl sites for hydroxylation is 1. The molecule has 1 N–H and O–H groups in total. The molecule has 0 radical (unpaired) electrons. The lowest BCUT2D eigenvalue weighted by molar-refractivity contribution is -0.130. The molecular weight excluding hydrogens is 518 g/mol. The van der Waals surface area contributed by atoms with Crippen LogP contribution >= 0.6 is 0 Å². The number of likely N-dealkylation sites (N-methyl/N-ethyl adjacent to an activating group) is 1. The highest BCUT2D eigenvalue weighted by Gasteiger charge is 2.29. The molecule has 41 heavy (non-hydrogen) atoms. The summed E-state index contributed by atoms with van der Waals surface area (Å²) in [4.78, 5) is 44.3. The maximum Gasteiger partial charge on any atom is 0.410 e. The quantitative estimate of drug-likeness (QED) is 0.469. The minimum atomic E-state index is -0.617. The third-order valence-electron chi connectivity index (χ3n) is 7.22. The van der Waals surface area contributed by atoms with Crippen molar-refractivity contribution in [2.75, 3.05) is 38.1 Å². The van der Waals surface area contributed by atoms with Crippen molar-refractivity contribution in [2.24, 2.45) is 0 Å². The van der Waals surface area contributed by atoms with E-state index < -0.39 is 11.7 Å². The standard InChI is InChI=1S/C32H43N5O4/c1-22(2)37(31(40)41-32(4,5)6)15-14-34-29(38)20-36(28-13-12-24(19-33)16-23(28)3)21-30(39)35(7)27-17-25-10-8-9-11-26(25)18-27/h8-13,16,22,27H,14-15,17-18,20-21H2,1-7H3,(H,34,38). The Morgan fingerprint density at radius 2 is 1.71 bits per heavy atom. The monoisotopic (exact) mass is 561 g/mol. The molecule has 0 saturated carbocycles. The highest BCUT2D eigenvalue weighted by atomic mass is 16.6. The fourth-order valence-electron chi connectivity index (χ4n) is 5.02. The van der Waals surface area contributed by atoms with E-state index in [1.54, 1.807) is 32.9 Å². The van der Waals surface area contributed by atoms with E-state index in [-0.39, 0.29) is 50.1 Å². The van der Waals surface area contributed by atoms with Crippen LogP contribution in [0.15, 0.2) is 42.5 Å². The topological polar surface area (TPSA) is 106 Å². The number of benzene rings is 2. The molecule has 0 atom stereocenters. The van der Waals surface area contributed by atoms with Crippen molar-refractivity contribution in [3.8, 4) is 6.07 Å². The Kier molecular flexibility index (Phi) is 10.4. The van der Waals surface area contributed by atoms with Crippen LogP contribution in [0.25, 0.3) is 0 Å². The summed E-state index contributed by atoms with van der Waals surface area (Å²) in [5.74, 6) is -0.361. The van der Waals surface area contributed by atoms with Gasteiger partial charge in [0.2, 0.25) is 11.8 Å². The number of ether oxygens (including phenoxy) is 1. The molecule has 0 spiro atoms. The maximum atomic E-state index is 13.5. The summed E-state index contributed by atoms with van der Waals surface area (Å²) in [5.41, 5.74) is 3.94. The number of nitriles is 1. The first-order chi connectivity index (χ1) is 19.3. The first-order valence-electron chi connectivity index (χ1n) is 14.1. The molecular formula is C32H43N5O4. The molecule has 1 aliphatic carbocycles. The van der Waals surface area contributed by atoms with Crippen LogP contribution in [0.3, 0.4) is 0 Å². The molecule has 0 unspecified atom stereocenters. The number of nitrogens with zero attached hydrogens (tertiary/aromatic N) is 4. The van der Waals surface area contributed by atoms with Crippen LogP contribution in [0.1, 0.15) is 56.9 Å². The summed E-state index contributed by atoms with van der Waals surface area (Å²) >= 11 is 0. The molecule has 220 valence electrons. The molecule has 0 aromatic heterocycles. The first kappa shape index (κ1) is 31.5. The van der Waals surface area contributed by atoms with Gasteiger partial charge in [-0.05, 0) is 89.3 Å². The van der Waals surface area contributed by atoms with Crippen LogP contribution in [0.5, 0.6) is 0 Å². The fraction of sp³-hybridized carbons (Fsp3) is 0.500. The van der Waals surface area contributed by atoms with E-state index in [0.717, 1.165) is 18.4 Å². The highest BCUT2D eigenvalue weighted by Crippen LogP contribution is 2.26. The fourth-order valence-corrected chi connectivity index (χ4v) is 5.02. The van der Waals surface area contributed by atoms with Crippen molar-refractivity contribution in [1.29, 1.82) is 5.26 Å². The third kappa shape index (κ3) is 8.71. The lowest BCUT2D eigenvalue weighted by Crippen LogP contribution is -2.48. The molecule has 3 amide bonds. The lowest BCUT2D eigenvalue weighted by atomic mass is 10.1. The van der Waals surface area contributed by atoms with Gasteiger partial charge < -0.3 is 24.8 Å². The average Bonchev–Trinajstić information content (AvgIpc) is 3.33. The minimum Gasteiger partial charge on any atom is -0.444 e. The van der Waals surface area contributed by atoms with Gasteiger partial charge in [-0.25, -0.2) is 4.79 Å². The molecule has 0 aliphatic heterocycles. The zero-order valence-electron chi connectivity index (χ0n) is 25.4. The van der Waals surface area contributed by atoms with Crippen molar-refractivity contribution < 1.29 is 19.1 Å². The highest BCUT2D eigenvalue weighted by molar-refractivity contribution is 5.87. The van der Waals surface area contributed by atoms with E-state index in [1.807, 2.05) is 60.7 Å². The summed E-state index contributed by atoms with van der Waals surface area (Å²) in [6.07, 6.45) is 1.18. The van der Waals surface area contributed by atoms with Crippen molar-refractivity contribution >= 4 is 23.6 Å². The molecule has 2 aromatic rings. The zero-order chi connectivity index (χ0) is 30.3. The van der Waals surface area contributed by atoms with Crippen molar-refractivity contribution in [1.82, 2.24) is 15.1 Å². The van der Waals surface area contributed by atoms with Gasteiger partial charge in [-0.2, -0.15) is 5.26 Å². The van der Waals surface area contributed by atoms with Crippen LogP contribution in [0.2, 0.25) is 0 Å². The number of fused-ring (bicyclic) bond motifs is 1. The summed E-state index contributed by atoms with van der Waals surface area (Å²) in [6, 6.07) is 15.6. The van der Waals surface area contributed by atoms with Crippen molar-refractivity contribution in [3.63, 3.8) is 0 Å². The Bertz CT molecular complexity index is 1270. The first-order valence-corrected chi connectivity index (χ1v) is 14.1. The Balaban J connectivity index is 1.68. The Hall–Kier alpha value is -4.06. The number of nitrogens with one attached hydrogen (secondary N) is 1. The summed E-state index contributed by atoms with van der Waals surface area (Å²) in [7, 11) is 1.82. The molecule has 0 heterocycles. The second kappa shape index (κ2) is 13.5. The third-order valence-corrected chi connectivity index (χ3v) is 7.22. The number of rotatable bonds is 10. The number of hydrogen-bond donors (Lipinski definition) is 1. The zero-order valence-corrected chi connectivity index (χ0v) is 25.4. The van der Waals surface area contributed by atoms with Gasteiger partial charge in [0.25, 0.3) is 0 Å². The number of hydrogen-bond acceptors (Lipinski definition) is 6. The van der Waals surface area contributed by atoms with Crippen molar-refractivity contribution in [3.05, 3.63) is 64.7 Å².